The van der Waals surface area contributed by atoms with Gasteiger partial charge in [0.25, 0.3) is 0 Å². The number of amides is 2. The van der Waals surface area contributed by atoms with Crippen molar-refractivity contribution in [3.05, 3.63) is 0 Å². The Hall–Kier alpha value is -1.14. The molecule has 2 rings (SSSR count). The van der Waals surface area contributed by atoms with Crippen molar-refractivity contribution >= 4 is 11.8 Å². The third kappa shape index (κ3) is 4.43. The van der Waals surface area contributed by atoms with E-state index in [9.17, 15) is 9.59 Å². The molecular formula is C16H29N3O3. The summed E-state index contributed by atoms with van der Waals surface area (Å²) in [7, 11) is 0. The van der Waals surface area contributed by atoms with E-state index in [1.165, 1.54) is 0 Å². The summed E-state index contributed by atoms with van der Waals surface area (Å²) in [5.74, 6) is -0.217. The molecule has 6 nitrogen and oxygen atoms in total. The number of nitrogens with one attached hydrogen (secondary N) is 2. The summed E-state index contributed by atoms with van der Waals surface area (Å²) in [5.41, 5.74) is -0.126. The number of hydrogen-bond acceptors (Lipinski definition) is 4. The number of ether oxygens (including phenoxy) is 1. The van der Waals surface area contributed by atoms with E-state index in [2.05, 4.69) is 43.2 Å². The van der Waals surface area contributed by atoms with Crippen molar-refractivity contribution in [2.75, 3.05) is 26.2 Å². The SMILES string of the molecule is CC1CN(C(C)(C)CNC(=O)C2CCNC(=O)C2)CC(C)O1. The Labute approximate surface area is 132 Å². The van der Waals surface area contributed by atoms with Crippen molar-refractivity contribution in [1.29, 1.82) is 0 Å². The zero-order chi connectivity index (χ0) is 16.3. The molecule has 2 aliphatic rings. The fraction of sp³-hybridized carbons (Fsp3) is 0.875. The van der Waals surface area contributed by atoms with Gasteiger partial charge in [0.05, 0.1) is 12.2 Å². The summed E-state index contributed by atoms with van der Waals surface area (Å²) in [4.78, 5) is 26.0. The molecule has 22 heavy (non-hydrogen) atoms. The third-order valence-corrected chi connectivity index (χ3v) is 4.59. The molecule has 2 amide bonds. The standard InChI is InChI=1S/C16H29N3O3/c1-11-8-19(9-12(2)22-11)16(3,4)10-18-15(21)13-5-6-17-14(20)7-13/h11-13H,5-10H2,1-4H3,(H,17,20)(H,18,21). The topological polar surface area (TPSA) is 70.7 Å². The van der Waals surface area contributed by atoms with Crippen LogP contribution in [-0.4, -0.2) is 60.6 Å². The minimum Gasteiger partial charge on any atom is -0.373 e. The van der Waals surface area contributed by atoms with Crippen LogP contribution in [0.5, 0.6) is 0 Å². The van der Waals surface area contributed by atoms with Crippen LogP contribution in [0, 0.1) is 5.92 Å². The number of nitrogens with zero attached hydrogens (tertiary/aromatic N) is 1. The van der Waals surface area contributed by atoms with Gasteiger partial charge in [0.2, 0.25) is 11.8 Å². The van der Waals surface area contributed by atoms with Crippen molar-refractivity contribution in [2.24, 2.45) is 5.92 Å². The highest BCUT2D eigenvalue weighted by Gasteiger charge is 2.34. The Morgan fingerprint density at radius 1 is 1.36 bits per heavy atom. The molecule has 0 bridgehead atoms. The number of piperidine rings is 1. The lowest BCUT2D eigenvalue weighted by molar-refractivity contribution is -0.133. The molecule has 6 heteroatoms. The second kappa shape index (κ2) is 6.96. The van der Waals surface area contributed by atoms with E-state index >= 15 is 0 Å². The Bertz CT molecular complexity index is 415. The molecule has 0 aromatic heterocycles. The lowest BCUT2D eigenvalue weighted by Crippen LogP contribution is -2.59. The lowest BCUT2D eigenvalue weighted by Gasteiger charge is -2.45. The van der Waals surface area contributed by atoms with Gasteiger partial charge in [0.1, 0.15) is 0 Å². The first-order valence-electron chi connectivity index (χ1n) is 8.23. The van der Waals surface area contributed by atoms with Crippen molar-refractivity contribution < 1.29 is 14.3 Å². The van der Waals surface area contributed by atoms with Gasteiger partial charge < -0.3 is 15.4 Å². The number of morpholine rings is 1. The largest absolute Gasteiger partial charge is 0.373 e. The van der Waals surface area contributed by atoms with Crippen molar-refractivity contribution in [3.63, 3.8) is 0 Å². The highest BCUT2D eigenvalue weighted by Crippen LogP contribution is 2.21. The Morgan fingerprint density at radius 3 is 2.59 bits per heavy atom. The molecule has 2 fully saturated rings. The minimum atomic E-state index is -0.188. The Kier molecular flexibility index (Phi) is 5.45. The smallest absolute Gasteiger partial charge is 0.223 e. The molecule has 0 aromatic carbocycles. The molecule has 3 unspecified atom stereocenters. The molecule has 126 valence electrons. The highest BCUT2D eigenvalue weighted by molar-refractivity contribution is 5.86. The summed E-state index contributed by atoms with van der Waals surface area (Å²) in [6.45, 7) is 11.4. The molecule has 0 radical (unpaired) electrons. The van der Waals surface area contributed by atoms with Gasteiger partial charge in [-0.25, -0.2) is 0 Å². The maximum Gasteiger partial charge on any atom is 0.223 e. The van der Waals surface area contributed by atoms with E-state index in [0.717, 1.165) is 19.5 Å². The Morgan fingerprint density at radius 2 is 2.00 bits per heavy atom. The van der Waals surface area contributed by atoms with Crippen LogP contribution >= 0.6 is 0 Å². The first-order chi connectivity index (χ1) is 10.3. The number of hydrogen-bond donors (Lipinski definition) is 2. The van der Waals surface area contributed by atoms with Gasteiger partial charge in [-0.05, 0) is 34.1 Å². The van der Waals surface area contributed by atoms with Gasteiger partial charge >= 0.3 is 0 Å². The maximum absolute atomic E-state index is 12.3. The van der Waals surface area contributed by atoms with Crippen LogP contribution in [0.15, 0.2) is 0 Å². The highest BCUT2D eigenvalue weighted by atomic mass is 16.5. The zero-order valence-corrected chi connectivity index (χ0v) is 14.1. The van der Waals surface area contributed by atoms with E-state index in [1.54, 1.807) is 0 Å². The molecule has 0 saturated carbocycles. The van der Waals surface area contributed by atoms with E-state index < -0.39 is 0 Å². The minimum absolute atomic E-state index is 0.00252. The molecule has 0 aromatic rings. The second-order valence-corrected chi connectivity index (χ2v) is 7.23. The van der Waals surface area contributed by atoms with Gasteiger partial charge in [-0.3, -0.25) is 14.5 Å². The first-order valence-corrected chi connectivity index (χ1v) is 8.23. The average molecular weight is 311 g/mol. The predicted octanol–water partition coefficient (Wildman–Crippen LogP) is 0.517. The van der Waals surface area contributed by atoms with Crippen LogP contribution in [0.3, 0.4) is 0 Å². The molecule has 2 N–H and O–H groups in total. The van der Waals surface area contributed by atoms with Gasteiger partial charge in [0, 0.05) is 44.1 Å². The molecule has 2 aliphatic heterocycles. The monoisotopic (exact) mass is 311 g/mol. The van der Waals surface area contributed by atoms with E-state index in [0.29, 0.717) is 19.5 Å². The van der Waals surface area contributed by atoms with E-state index in [-0.39, 0.29) is 35.5 Å². The normalized spacial score (nSPS) is 30.7. The second-order valence-electron chi connectivity index (χ2n) is 7.23. The molecule has 0 aliphatic carbocycles. The first kappa shape index (κ1) is 17.2. The van der Waals surface area contributed by atoms with E-state index in [4.69, 9.17) is 4.74 Å². The van der Waals surface area contributed by atoms with Crippen LogP contribution in [0.2, 0.25) is 0 Å². The third-order valence-electron chi connectivity index (χ3n) is 4.59. The Balaban J connectivity index is 1.86. The zero-order valence-electron chi connectivity index (χ0n) is 14.1. The van der Waals surface area contributed by atoms with Crippen molar-refractivity contribution in [1.82, 2.24) is 15.5 Å². The van der Waals surface area contributed by atoms with Gasteiger partial charge in [0.15, 0.2) is 0 Å². The average Bonchev–Trinajstić information content (AvgIpc) is 2.44. The van der Waals surface area contributed by atoms with Crippen molar-refractivity contribution in [3.8, 4) is 0 Å². The fourth-order valence-electron chi connectivity index (χ4n) is 3.24. The van der Waals surface area contributed by atoms with Crippen LogP contribution < -0.4 is 10.6 Å². The van der Waals surface area contributed by atoms with Crippen LogP contribution in [-0.2, 0) is 14.3 Å². The molecule has 0 spiro atoms. The number of carbonyl (C=O) groups is 2. The lowest BCUT2D eigenvalue weighted by atomic mass is 9.95. The molecule has 2 saturated heterocycles. The fourth-order valence-corrected chi connectivity index (χ4v) is 3.24. The summed E-state index contributed by atoms with van der Waals surface area (Å²) < 4.78 is 5.77. The van der Waals surface area contributed by atoms with Crippen LogP contribution in [0.1, 0.15) is 40.5 Å². The van der Waals surface area contributed by atoms with Crippen LogP contribution in [0.4, 0.5) is 0 Å². The number of rotatable bonds is 4. The summed E-state index contributed by atoms with van der Waals surface area (Å²) in [5, 5.41) is 5.80. The molecular weight excluding hydrogens is 282 g/mol. The predicted molar refractivity (Wildman–Crippen MR) is 84.4 cm³/mol. The van der Waals surface area contributed by atoms with Gasteiger partial charge in [-0.1, -0.05) is 0 Å². The van der Waals surface area contributed by atoms with Crippen LogP contribution in [0.25, 0.3) is 0 Å². The summed E-state index contributed by atoms with van der Waals surface area (Å²) >= 11 is 0. The van der Waals surface area contributed by atoms with Crippen molar-refractivity contribution in [2.45, 2.75) is 58.3 Å². The van der Waals surface area contributed by atoms with Gasteiger partial charge in [-0.15, -0.1) is 0 Å². The van der Waals surface area contributed by atoms with E-state index in [1.807, 2.05) is 0 Å². The summed E-state index contributed by atoms with van der Waals surface area (Å²) in [6, 6.07) is 0. The summed E-state index contributed by atoms with van der Waals surface area (Å²) in [6.07, 6.45) is 1.45. The maximum atomic E-state index is 12.3. The molecule has 3 atom stereocenters. The van der Waals surface area contributed by atoms with Gasteiger partial charge in [-0.2, -0.15) is 0 Å². The quantitative estimate of drug-likeness (QED) is 0.794. The molecule has 2 heterocycles. The number of carbonyl (C=O) groups excluding carboxylic acids is 2.